The summed E-state index contributed by atoms with van der Waals surface area (Å²) in [6, 6.07) is 7.51. The Morgan fingerprint density at radius 1 is 0.469 bits per heavy atom. The molecule has 6 rings (SSSR count). The van der Waals surface area contributed by atoms with Crippen molar-refractivity contribution in [1.82, 2.24) is 0 Å². The molecule has 0 radical (unpaired) electrons. The third-order valence-electron chi connectivity index (χ3n) is 8.04. The Balaban J connectivity index is 1.78. The summed E-state index contributed by atoms with van der Waals surface area (Å²) in [5, 5.41) is 0.274. The van der Waals surface area contributed by atoms with E-state index in [-0.39, 0.29) is 20.1 Å². The molecule has 172 valence electrons. The van der Waals surface area contributed by atoms with Gasteiger partial charge in [0.05, 0.1) is 20.1 Å². The maximum atomic E-state index is 7.25. The number of hydrogen-bond donors (Lipinski definition) is 0. The van der Waals surface area contributed by atoms with Crippen LogP contribution in [0.1, 0.15) is 23.0 Å². The fourth-order valence-corrected chi connectivity index (χ4v) is 12.9. The van der Waals surface area contributed by atoms with E-state index in [9.17, 15) is 0 Å². The maximum absolute atomic E-state index is 7.25. The van der Waals surface area contributed by atoms with E-state index in [2.05, 4.69) is 0 Å². The average Bonchev–Trinajstić information content (AvgIpc) is 3.08. The lowest BCUT2D eigenvalue weighted by molar-refractivity contribution is 0.201. The van der Waals surface area contributed by atoms with Gasteiger partial charge < -0.3 is 0 Å². The summed E-state index contributed by atoms with van der Waals surface area (Å²) in [6.07, 6.45) is 0. The first kappa shape index (κ1) is 24.5. The van der Waals surface area contributed by atoms with Gasteiger partial charge in [0, 0.05) is 23.7 Å². The summed E-state index contributed by atoms with van der Waals surface area (Å²) in [5.74, 6) is -2.54. The third-order valence-corrected chi connectivity index (χ3v) is 16.6. The zero-order valence-corrected chi connectivity index (χ0v) is 24.2. The molecule has 5 aliphatic rings. The van der Waals surface area contributed by atoms with Gasteiger partial charge in [0.1, 0.15) is 19.5 Å². The number of halogens is 12. The summed E-state index contributed by atoms with van der Waals surface area (Å²) in [7, 11) is 0. The number of rotatable bonds is 0. The van der Waals surface area contributed by atoms with E-state index in [0.29, 0.717) is 0 Å². The minimum absolute atomic E-state index is 0.0489. The van der Waals surface area contributed by atoms with Crippen LogP contribution in [-0.4, -0.2) is 28.2 Å². The van der Waals surface area contributed by atoms with Crippen LogP contribution in [0.4, 0.5) is 0 Å². The van der Waals surface area contributed by atoms with Gasteiger partial charge in [0.15, 0.2) is 8.67 Å². The third kappa shape index (κ3) is 2.00. The predicted octanol–water partition coefficient (Wildman–Crippen LogP) is 9.79. The smallest absolute Gasteiger partial charge is 0.109 e. The minimum atomic E-state index is -1.80. The monoisotopic (exact) mass is 668 g/mol. The van der Waals surface area contributed by atoms with Crippen LogP contribution >= 0.6 is 139 Å². The molecule has 4 bridgehead atoms. The average molecular weight is 674 g/mol. The topological polar surface area (TPSA) is 0 Å². The molecule has 0 saturated heterocycles. The molecule has 2 fully saturated rings. The van der Waals surface area contributed by atoms with Crippen LogP contribution in [-0.2, 0) is 0 Å². The van der Waals surface area contributed by atoms with E-state index in [1.54, 1.807) is 0 Å². The lowest BCUT2D eigenvalue weighted by atomic mass is 9.57. The molecule has 0 heterocycles. The quantitative estimate of drug-likeness (QED) is 0.241. The fraction of sp³-hybridized carbons (Fsp3) is 0.500. The van der Waals surface area contributed by atoms with E-state index in [0.717, 1.165) is 11.1 Å². The lowest BCUT2D eigenvalue weighted by Gasteiger charge is -2.52. The van der Waals surface area contributed by atoms with E-state index in [4.69, 9.17) is 139 Å². The van der Waals surface area contributed by atoms with Crippen molar-refractivity contribution in [2.75, 3.05) is 0 Å². The van der Waals surface area contributed by atoms with Gasteiger partial charge in [-0.05, 0) is 11.1 Å². The zero-order valence-electron chi connectivity index (χ0n) is 15.2. The van der Waals surface area contributed by atoms with Crippen molar-refractivity contribution in [2.45, 2.75) is 40.0 Å². The Labute approximate surface area is 244 Å². The predicted molar refractivity (Wildman–Crippen MR) is 140 cm³/mol. The van der Waals surface area contributed by atoms with Crippen molar-refractivity contribution in [2.24, 2.45) is 11.8 Å². The molecule has 1 aromatic rings. The minimum Gasteiger partial charge on any atom is -0.109 e. The Kier molecular flexibility index (Phi) is 5.05. The lowest BCUT2D eigenvalue weighted by Crippen LogP contribution is -2.53. The van der Waals surface area contributed by atoms with Crippen molar-refractivity contribution in [3.63, 3.8) is 0 Å². The van der Waals surface area contributed by atoms with Gasteiger partial charge in [-0.1, -0.05) is 117 Å². The molecule has 0 amide bonds. The van der Waals surface area contributed by atoms with Gasteiger partial charge in [0.2, 0.25) is 0 Å². The van der Waals surface area contributed by atoms with Crippen molar-refractivity contribution >= 4 is 139 Å². The zero-order chi connectivity index (χ0) is 23.6. The van der Waals surface area contributed by atoms with Gasteiger partial charge in [0.25, 0.3) is 0 Å². The number of alkyl halides is 8. The molecule has 0 spiro atoms. The first-order valence-electron chi connectivity index (χ1n) is 9.33. The highest BCUT2D eigenvalue weighted by atomic mass is 35.5. The van der Waals surface area contributed by atoms with Crippen LogP contribution in [0.15, 0.2) is 44.4 Å². The molecule has 0 N–H and O–H groups in total. The van der Waals surface area contributed by atoms with Gasteiger partial charge in [-0.15, -0.1) is 46.4 Å². The Morgan fingerprint density at radius 3 is 1.06 bits per heavy atom. The molecule has 12 heteroatoms. The van der Waals surface area contributed by atoms with Crippen LogP contribution in [0.5, 0.6) is 0 Å². The van der Waals surface area contributed by atoms with Gasteiger partial charge in [-0.2, -0.15) is 0 Å². The summed E-state index contributed by atoms with van der Waals surface area (Å²) in [5.41, 5.74) is 1.59. The Hall–Kier alpha value is 2.18. The van der Waals surface area contributed by atoms with Crippen LogP contribution in [0.2, 0.25) is 0 Å². The number of benzene rings is 1. The molecule has 0 nitrogen and oxygen atoms in total. The number of allylic oxidation sites excluding steroid dienone is 4. The molecule has 32 heavy (non-hydrogen) atoms. The summed E-state index contributed by atoms with van der Waals surface area (Å²) < 4.78 is -3.60. The molecule has 0 aliphatic heterocycles. The number of hydrogen-bond acceptors (Lipinski definition) is 0. The number of fused-ring (bicyclic) bond motifs is 14. The highest BCUT2D eigenvalue weighted by Gasteiger charge is 2.91. The first-order valence-corrected chi connectivity index (χ1v) is 13.9. The summed E-state index contributed by atoms with van der Waals surface area (Å²) >= 11 is 83.3. The largest absolute Gasteiger partial charge is 0.167 e. The van der Waals surface area contributed by atoms with E-state index in [1.165, 1.54) is 0 Å². The van der Waals surface area contributed by atoms with Crippen molar-refractivity contribution < 1.29 is 0 Å². The van der Waals surface area contributed by atoms with Crippen molar-refractivity contribution in [3.8, 4) is 0 Å². The molecule has 8 atom stereocenters. The van der Waals surface area contributed by atoms with Crippen LogP contribution in [0.25, 0.3) is 0 Å². The van der Waals surface area contributed by atoms with Crippen LogP contribution < -0.4 is 0 Å². The second-order valence-corrected chi connectivity index (χ2v) is 15.4. The standard InChI is InChI=1S/C20H8Cl12/c21-11-13(23)17(27)9-7(15(11,25)19(17,29)30)5-3-1-2-4-6(5)8-10(9)18(28)14(24)12(22)16(8,26)20(18,31)32/h1-4,7-10H/t7-,8-,9+,10+,15+,16+,17+,18+/m1/s1. The van der Waals surface area contributed by atoms with Crippen LogP contribution in [0, 0.1) is 11.8 Å². The Bertz CT molecular complexity index is 1100. The highest BCUT2D eigenvalue weighted by molar-refractivity contribution is 6.67. The second kappa shape index (κ2) is 6.59. The highest BCUT2D eigenvalue weighted by Crippen LogP contribution is 2.88. The molecular weight excluding hydrogens is 666 g/mol. The van der Waals surface area contributed by atoms with Crippen molar-refractivity contribution in [1.29, 1.82) is 0 Å². The first-order chi connectivity index (χ1) is 14.6. The Morgan fingerprint density at radius 2 is 0.750 bits per heavy atom. The summed E-state index contributed by atoms with van der Waals surface area (Å²) in [6.45, 7) is 0. The summed E-state index contributed by atoms with van der Waals surface area (Å²) in [4.78, 5) is -6.33. The second-order valence-electron chi connectivity index (χ2n) is 8.89. The van der Waals surface area contributed by atoms with Gasteiger partial charge in [-0.25, -0.2) is 0 Å². The fourth-order valence-electron chi connectivity index (χ4n) is 6.85. The normalized spacial score (nSPS) is 51.2. The molecule has 5 aliphatic carbocycles. The molecule has 0 unspecified atom stereocenters. The SMILES string of the molecule is ClC1=C(Cl)[C@@]2(Cl)[C@@H]3c4ccccc4[C@@H]4[C@@H]([C@H]3[C@@]1(Cl)C2(Cl)Cl)[C@]1(Cl)C(Cl)=C(Cl)[C@]4(Cl)C1(Cl)Cl. The van der Waals surface area contributed by atoms with E-state index < -0.39 is 51.8 Å². The maximum Gasteiger partial charge on any atom is 0.167 e. The van der Waals surface area contributed by atoms with Gasteiger partial charge >= 0.3 is 0 Å². The van der Waals surface area contributed by atoms with Crippen LogP contribution in [0.3, 0.4) is 0 Å². The van der Waals surface area contributed by atoms with E-state index >= 15 is 0 Å². The molecular formula is C20H8Cl12. The van der Waals surface area contributed by atoms with Crippen molar-refractivity contribution in [3.05, 3.63) is 55.5 Å². The van der Waals surface area contributed by atoms with E-state index in [1.807, 2.05) is 24.3 Å². The molecule has 0 aromatic heterocycles. The van der Waals surface area contributed by atoms with Gasteiger partial charge in [-0.3, -0.25) is 0 Å². The molecule has 1 aromatic carbocycles. The molecule has 2 saturated carbocycles.